The van der Waals surface area contributed by atoms with E-state index in [-0.39, 0.29) is 12.3 Å². The number of hydrogen-bond donors (Lipinski definition) is 0. The van der Waals surface area contributed by atoms with Crippen LogP contribution in [-0.4, -0.2) is 42.3 Å². The SMILES string of the molecule is CCc1c(C(=O)OCCn2cncn2)nnn1-c1cccc(Cl)c1. The van der Waals surface area contributed by atoms with Gasteiger partial charge in [-0.3, -0.25) is 0 Å². The van der Waals surface area contributed by atoms with Gasteiger partial charge in [0.25, 0.3) is 0 Å². The Hall–Kier alpha value is -2.74. The molecule has 24 heavy (non-hydrogen) atoms. The molecule has 2 aromatic heterocycles. The van der Waals surface area contributed by atoms with Crippen molar-refractivity contribution in [1.29, 1.82) is 0 Å². The number of ether oxygens (including phenoxy) is 1. The molecule has 0 saturated carbocycles. The number of rotatable bonds is 6. The highest BCUT2D eigenvalue weighted by Gasteiger charge is 2.20. The number of aromatic nitrogens is 6. The molecule has 0 unspecified atom stereocenters. The molecule has 8 nitrogen and oxygen atoms in total. The summed E-state index contributed by atoms with van der Waals surface area (Å²) < 4.78 is 8.42. The van der Waals surface area contributed by atoms with Gasteiger partial charge in [-0.15, -0.1) is 5.10 Å². The maximum atomic E-state index is 12.3. The third-order valence-corrected chi connectivity index (χ3v) is 3.60. The van der Waals surface area contributed by atoms with Gasteiger partial charge in [0.15, 0.2) is 5.69 Å². The molecule has 0 aliphatic rings. The van der Waals surface area contributed by atoms with E-state index in [4.69, 9.17) is 16.3 Å². The van der Waals surface area contributed by atoms with Crippen molar-refractivity contribution in [2.75, 3.05) is 6.61 Å². The monoisotopic (exact) mass is 346 g/mol. The van der Waals surface area contributed by atoms with E-state index >= 15 is 0 Å². The minimum atomic E-state index is -0.514. The van der Waals surface area contributed by atoms with E-state index in [2.05, 4.69) is 20.4 Å². The number of carbonyl (C=O) groups is 1. The molecule has 0 atom stereocenters. The molecule has 0 aliphatic carbocycles. The van der Waals surface area contributed by atoms with Gasteiger partial charge in [0.2, 0.25) is 0 Å². The lowest BCUT2D eigenvalue weighted by atomic mass is 10.2. The smallest absolute Gasteiger partial charge is 0.360 e. The van der Waals surface area contributed by atoms with Crippen molar-refractivity contribution in [1.82, 2.24) is 29.8 Å². The quantitative estimate of drug-likeness (QED) is 0.634. The average molecular weight is 347 g/mol. The summed E-state index contributed by atoms with van der Waals surface area (Å²) in [5, 5.41) is 12.6. The fourth-order valence-electron chi connectivity index (χ4n) is 2.24. The molecule has 0 amide bonds. The summed E-state index contributed by atoms with van der Waals surface area (Å²) in [6.45, 7) is 2.52. The standard InChI is InChI=1S/C15H15ClN6O2/c1-2-13-14(15(23)24-7-6-21-10-17-9-18-21)19-20-22(13)12-5-3-4-11(16)8-12/h3-5,8-10H,2,6-7H2,1H3. The first-order chi connectivity index (χ1) is 11.7. The van der Waals surface area contributed by atoms with Crippen LogP contribution < -0.4 is 0 Å². The van der Waals surface area contributed by atoms with Crippen LogP contribution in [0.15, 0.2) is 36.9 Å². The number of esters is 1. The third kappa shape index (κ3) is 3.43. The van der Waals surface area contributed by atoms with Gasteiger partial charge < -0.3 is 4.74 Å². The molecule has 124 valence electrons. The third-order valence-electron chi connectivity index (χ3n) is 3.36. The van der Waals surface area contributed by atoms with Gasteiger partial charge in [0.1, 0.15) is 19.3 Å². The zero-order valence-corrected chi connectivity index (χ0v) is 13.7. The van der Waals surface area contributed by atoms with Gasteiger partial charge in [-0.1, -0.05) is 29.8 Å². The molecule has 9 heteroatoms. The van der Waals surface area contributed by atoms with E-state index in [0.29, 0.717) is 23.7 Å². The van der Waals surface area contributed by atoms with E-state index in [0.717, 1.165) is 5.69 Å². The van der Waals surface area contributed by atoms with Crippen molar-refractivity contribution in [3.8, 4) is 5.69 Å². The van der Waals surface area contributed by atoms with E-state index < -0.39 is 5.97 Å². The number of nitrogens with zero attached hydrogens (tertiary/aromatic N) is 6. The van der Waals surface area contributed by atoms with Crippen LogP contribution in [0.3, 0.4) is 0 Å². The van der Waals surface area contributed by atoms with Crippen LogP contribution >= 0.6 is 11.6 Å². The Kier molecular flexibility index (Phi) is 4.85. The summed E-state index contributed by atoms with van der Waals surface area (Å²) in [5.74, 6) is -0.514. The van der Waals surface area contributed by atoms with Gasteiger partial charge in [-0.25, -0.2) is 19.1 Å². The first kappa shape index (κ1) is 16.1. The Morgan fingerprint density at radius 2 is 2.25 bits per heavy atom. The zero-order chi connectivity index (χ0) is 16.9. The van der Waals surface area contributed by atoms with E-state index in [1.807, 2.05) is 19.1 Å². The predicted molar refractivity (Wildman–Crippen MR) is 86.1 cm³/mol. The van der Waals surface area contributed by atoms with E-state index in [1.165, 1.54) is 6.33 Å². The highest BCUT2D eigenvalue weighted by Crippen LogP contribution is 2.18. The molecule has 0 bridgehead atoms. The van der Waals surface area contributed by atoms with Crippen molar-refractivity contribution in [2.24, 2.45) is 0 Å². The summed E-state index contributed by atoms with van der Waals surface area (Å²) >= 11 is 6.01. The Morgan fingerprint density at radius 1 is 1.38 bits per heavy atom. The van der Waals surface area contributed by atoms with Gasteiger partial charge >= 0.3 is 5.97 Å². The van der Waals surface area contributed by atoms with Crippen LogP contribution in [0, 0.1) is 0 Å². The fraction of sp³-hybridized carbons (Fsp3) is 0.267. The Bertz CT molecular complexity index is 830. The molecule has 3 aromatic rings. The van der Waals surface area contributed by atoms with Crippen LogP contribution in [0.25, 0.3) is 5.69 Å². The number of benzene rings is 1. The highest BCUT2D eigenvalue weighted by molar-refractivity contribution is 6.30. The Balaban J connectivity index is 1.74. The molecular weight excluding hydrogens is 332 g/mol. The van der Waals surface area contributed by atoms with Crippen molar-refractivity contribution in [3.63, 3.8) is 0 Å². The second kappa shape index (κ2) is 7.22. The second-order valence-electron chi connectivity index (χ2n) is 4.92. The molecule has 3 rings (SSSR count). The van der Waals surface area contributed by atoms with Crippen molar-refractivity contribution < 1.29 is 9.53 Å². The van der Waals surface area contributed by atoms with Crippen LogP contribution in [0.2, 0.25) is 5.02 Å². The van der Waals surface area contributed by atoms with Crippen molar-refractivity contribution in [3.05, 3.63) is 53.3 Å². The van der Waals surface area contributed by atoms with Crippen molar-refractivity contribution in [2.45, 2.75) is 19.9 Å². The van der Waals surface area contributed by atoms with Crippen LogP contribution in [0.5, 0.6) is 0 Å². The first-order valence-corrected chi connectivity index (χ1v) is 7.77. The van der Waals surface area contributed by atoms with E-state index in [9.17, 15) is 4.79 Å². The minimum absolute atomic E-state index is 0.176. The van der Waals surface area contributed by atoms with Crippen LogP contribution in [0.1, 0.15) is 23.1 Å². The summed E-state index contributed by atoms with van der Waals surface area (Å²) in [7, 11) is 0. The summed E-state index contributed by atoms with van der Waals surface area (Å²) in [4.78, 5) is 16.1. The lowest BCUT2D eigenvalue weighted by Crippen LogP contribution is -2.14. The summed E-state index contributed by atoms with van der Waals surface area (Å²) in [6, 6.07) is 7.19. The molecule has 0 aliphatic heterocycles. The number of halogens is 1. The zero-order valence-electron chi connectivity index (χ0n) is 13.0. The Labute approximate surface area is 143 Å². The molecule has 1 aromatic carbocycles. The fourth-order valence-corrected chi connectivity index (χ4v) is 2.43. The average Bonchev–Trinajstić information content (AvgIpc) is 3.23. The Morgan fingerprint density at radius 3 is 2.96 bits per heavy atom. The number of carbonyl (C=O) groups excluding carboxylic acids is 1. The van der Waals surface area contributed by atoms with Gasteiger partial charge in [0.05, 0.1) is 17.9 Å². The highest BCUT2D eigenvalue weighted by atomic mass is 35.5. The first-order valence-electron chi connectivity index (χ1n) is 7.39. The number of hydrogen-bond acceptors (Lipinski definition) is 6. The molecule has 0 radical (unpaired) electrons. The molecule has 0 N–H and O–H groups in total. The van der Waals surface area contributed by atoms with E-state index in [1.54, 1.807) is 27.8 Å². The lowest BCUT2D eigenvalue weighted by molar-refractivity contribution is 0.0479. The van der Waals surface area contributed by atoms with Crippen LogP contribution in [0.4, 0.5) is 0 Å². The predicted octanol–water partition coefficient (Wildman–Crippen LogP) is 1.93. The van der Waals surface area contributed by atoms with Crippen LogP contribution in [-0.2, 0) is 17.7 Å². The van der Waals surface area contributed by atoms with Gasteiger partial charge in [0, 0.05) is 5.02 Å². The molecule has 0 saturated heterocycles. The summed E-state index contributed by atoms with van der Waals surface area (Å²) in [5.41, 5.74) is 1.62. The van der Waals surface area contributed by atoms with Crippen molar-refractivity contribution >= 4 is 17.6 Å². The largest absolute Gasteiger partial charge is 0.459 e. The normalized spacial score (nSPS) is 10.8. The molecule has 0 fully saturated rings. The van der Waals surface area contributed by atoms with Gasteiger partial charge in [-0.2, -0.15) is 5.10 Å². The molecule has 0 spiro atoms. The maximum absolute atomic E-state index is 12.3. The maximum Gasteiger partial charge on any atom is 0.360 e. The second-order valence-corrected chi connectivity index (χ2v) is 5.36. The topological polar surface area (TPSA) is 87.7 Å². The molecular formula is C15H15ClN6O2. The summed E-state index contributed by atoms with van der Waals surface area (Å²) in [6.07, 6.45) is 3.56. The lowest BCUT2D eigenvalue weighted by Gasteiger charge is -2.07. The van der Waals surface area contributed by atoms with Gasteiger partial charge in [-0.05, 0) is 24.6 Å². The molecule has 2 heterocycles. The minimum Gasteiger partial charge on any atom is -0.459 e.